The van der Waals surface area contributed by atoms with E-state index in [9.17, 15) is 0 Å². The van der Waals surface area contributed by atoms with Crippen LogP contribution in [-0.2, 0) is 0 Å². The van der Waals surface area contributed by atoms with Crippen molar-refractivity contribution in [1.82, 2.24) is 15.0 Å². The summed E-state index contributed by atoms with van der Waals surface area (Å²) in [5.41, 5.74) is 6.80. The summed E-state index contributed by atoms with van der Waals surface area (Å²) in [6, 6.07) is 3.63. The molecule has 2 N–H and O–H groups in total. The van der Waals surface area contributed by atoms with E-state index in [0.717, 1.165) is 5.69 Å². The standard InChI is InChI=1S/C11H10N4OS/c1-7-2-3-8(6-15-7)16-11-9(10(12)17)13-4-5-14-11/h2-6H,1H3,(H2,12,17). The molecular formula is C11H10N4OS. The molecule has 0 unspecified atom stereocenters. The van der Waals surface area contributed by atoms with Crippen LogP contribution in [0.3, 0.4) is 0 Å². The van der Waals surface area contributed by atoms with Gasteiger partial charge in [0.2, 0.25) is 5.88 Å². The molecule has 0 aliphatic rings. The van der Waals surface area contributed by atoms with Crippen molar-refractivity contribution in [2.45, 2.75) is 6.92 Å². The Morgan fingerprint density at radius 3 is 2.65 bits per heavy atom. The molecular weight excluding hydrogens is 236 g/mol. The predicted octanol–water partition coefficient (Wildman–Crippen LogP) is 1.61. The average Bonchev–Trinajstić information content (AvgIpc) is 2.32. The largest absolute Gasteiger partial charge is 0.435 e. The highest BCUT2D eigenvalue weighted by Gasteiger charge is 2.10. The van der Waals surface area contributed by atoms with Crippen molar-refractivity contribution < 1.29 is 4.74 Å². The maximum atomic E-state index is 5.53. The van der Waals surface area contributed by atoms with E-state index in [-0.39, 0.29) is 10.9 Å². The van der Waals surface area contributed by atoms with Gasteiger partial charge >= 0.3 is 0 Å². The monoisotopic (exact) mass is 246 g/mol. The third kappa shape index (κ3) is 2.73. The predicted molar refractivity (Wildman–Crippen MR) is 67.0 cm³/mol. The highest BCUT2D eigenvalue weighted by Crippen LogP contribution is 2.20. The Bertz CT molecular complexity index is 541. The highest BCUT2D eigenvalue weighted by molar-refractivity contribution is 7.80. The Labute approximate surface area is 104 Å². The molecule has 5 nitrogen and oxygen atoms in total. The second-order valence-electron chi connectivity index (χ2n) is 3.31. The van der Waals surface area contributed by atoms with Crippen molar-refractivity contribution in [2.24, 2.45) is 5.73 Å². The fourth-order valence-corrected chi connectivity index (χ4v) is 1.34. The molecule has 2 heterocycles. The summed E-state index contributed by atoms with van der Waals surface area (Å²) in [5, 5.41) is 0. The smallest absolute Gasteiger partial charge is 0.248 e. The number of hydrogen-bond donors (Lipinski definition) is 1. The Morgan fingerprint density at radius 1 is 1.24 bits per heavy atom. The first-order valence-corrected chi connectivity index (χ1v) is 5.29. The summed E-state index contributed by atoms with van der Waals surface area (Å²) in [7, 11) is 0. The molecule has 0 spiro atoms. The molecule has 17 heavy (non-hydrogen) atoms. The van der Waals surface area contributed by atoms with Crippen LogP contribution in [0.25, 0.3) is 0 Å². The quantitative estimate of drug-likeness (QED) is 0.829. The topological polar surface area (TPSA) is 73.9 Å². The van der Waals surface area contributed by atoms with E-state index in [4.69, 9.17) is 22.7 Å². The minimum absolute atomic E-state index is 0.146. The van der Waals surface area contributed by atoms with Crippen LogP contribution in [0.1, 0.15) is 11.4 Å². The second-order valence-corrected chi connectivity index (χ2v) is 3.75. The summed E-state index contributed by atoms with van der Waals surface area (Å²) in [6.45, 7) is 1.90. The average molecular weight is 246 g/mol. The van der Waals surface area contributed by atoms with Gasteiger partial charge in [-0.1, -0.05) is 12.2 Å². The van der Waals surface area contributed by atoms with Gasteiger partial charge in [0.25, 0.3) is 0 Å². The Kier molecular flexibility index (Phi) is 3.24. The molecule has 0 atom stereocenters. The summed E-state index contributed by atoms with van der Waals surface area (Å²) >= 11 is 4.87. The van der Waals surface area contributed by atoms with E-state index in [1.165, 1.54) is 12.4 Å². The van der Waals surface area contributed by atoms with Gasteiger partial charge in [-0.25, -0.2) is 9.97 Å². The molecule has 2 rings (SSSR count). The molecule has 0 amide bonds. The first-order chi connectivity index (χ1) is 8.16. The van der Waals surface area contributed by atoms with Crippen molar-refractivity contribution in [3.05, 3.63) is 42.1 Å². The maximum Gasteiger partial charge on any atom is 0.248 e. The van der Waals surface area contributed by atoms with Gasteiger partial charge in [-0.05, 0) is 19.1 Å². The summed E-state index contributed by atoms with van der Waals surface area (Å²) in [6.07, 6.45) is 4.63. The number of nitrogens with zero attached hydrogens (tertiary/aromatic N) is 3. The fourth-order valence-electron chi connectivity index (χ4n) is 1.20. The highest BCUT2D eigenvalue weighted by atomic mass is 32.1. The number of ether oxygens (including phenoxy) is 1. The van der Waals surface area contributed by atoms with Gasteiger partial charge in [0.1, 0.15) is 10.7 Å². The lowest BCUT2D eigenvalue weighted by Gasteiger charge is -2.07. The summed E-state index contributed by atoms with van der Waals surface area (Å²) < 4.78 is 5.52. The van der Waals surface area contributed by atoms with E-state index in [1.54, 1.807) is 12.3 Å². The SMILES string of the molecule is Cc1ccc(Oc2nccnc2C(N)=S)cn1. The van der Waals surface area contributed by atoms with Crippen LogP contribution in [0.15, 0.2) is 30.7 Å². The molecule has 0 saturated carbocycles. The van der Waals surface area contributed by atoms with Crippen LogP contribution in [0.2, 0.25) is 0 Å². The van der Waals surface area contributed by atoms with E-state index in [2.05, 4.69) is 15.0 Å². The molecule has 86 valence electrons. The first-order valence-electron chi connectivity index (χ1n) is 4.88. The van der Waals surface area contributed by atoms with Gasteiger partial charge in [0.15, 0.2) is 5.69 Å². The van der Waals surface area contributed by atoms with Crippen molar-refractivity contribution in [2.75, 3.05) is 0 Å². The lowest BCUT2D eigenvalue weighted by Crippen LogP contribution is -2.13. The third-order valence-corrected chi connectivity index (χ3v) is 2.19. The maximum absolute atomic E-state index is 5.53. The molecule has 0 fully saturated rings. The lowest BCUT2D eigenvalue weighted by molar-refractivity contribution is 0.456. The molecule has 6 heteroatoms. The van der Waals surface area contributed by atoms with Gasteiger partial charge in [-0.3, -0.25) is 4.98 Å². The molecule has 2 aromatic rings. The molecule has 0 bridgehead atoms. The van der Waals surface area contributed by atoms with E-state index >= 15 is 0 Å². The van der Waals surface area contributed by atoms with E-state index in [0.29, 0.717) is 11.4 Å². The molecule has 0 aliphatic heterocycles. The number of aromatic nitrogens is 3. The molecule has 0 radical (unpaired) electrons. The minimum Gasteiger partial charge on any atom is -0.435 e. The number of aryl methyl sites for hydroxylation is 1. The Balaban J connectivity index is 2.30. The summed E-state index contributed by atoms with van der Waals surface area (Å²) in [4.78, 5) is 12.3. The molecule has 0 aliphatic carbocycles. The second kappa shape index (κ2) is 4.84. The van der Waals surface area contributed by atoms with E-state index in [1.807, 2.05) is 13.0 Å². The lowest BCUT2D eigenvalue weighted by atomic mass is 10.4. The zero-order valence-electron chi connectivity index (χ0n) is 9.12. The van der Waals surface area contributed by atoms with Crippen molar-refractivity contribution in [1.29, 1.82) is 0 Å². The van der Waals surface area contributed by atoms with Gasteiger partial charge in [0.05, 0.1) is 6.20 Å². The van der Waals surface area contributed by atoms with Crippen molar-refractivity contribution in [3.8, 4) is 11.6 Å². The third-order valence-electron chi connectivity index (χ3n) is 2.00. The van der Waals surface area contributed by atoms with Gasteiger partial charge in [0, 0.05) is 18.1 Å². The molecule has 0 aromatic carbocycles. The normalized spacial score (nSPS) is 9.94. The van der Waals surface area contributed by atoms with Crippen molar-refractivity contribution in [3.63, 3.8) is 0 Å². The van der Waals surface area contributed by atoms with Gasteiger partial charge < -0.3 is 10.5 Å². The molecule has 2 aromatic heterocycles. The van der Waals surface area contributed by atoms with Crippen LogP contribution in [0.5, 0.6) is 11.6 Å². The zero-order chi connectivity index (χ0) is 12.3. The first kappa shape index (κ1) is 11.4. The number of pyridine rings is 1. The fraction of sp³-hybridized carbons (Fsp3) is 0.0909. The van der Waals surface area contributed by atoms with Crippen LogP contribution < -0.4 is 10.5 Å². The molecule has 0 saturated heterocycles. The number of rotatable bonds is 3. The van der Waals surface area contributed by atoms with Gasteiger partial charge in [-0.15, -0.1) is 0 Å². The van der Waals surface area contributed by atoms with Crippen LogP contribution in [0.4, 0.5) is 0 Å². The number of nitrogens with two attached hydrogens (primary N) is 1. The minimum atomic E-state index is 0.146. The van der Waals surface area contributed by atoms with Crippen LogP contribution in [-0.4, -0.2) is 19.9 Å². The zero-order valence-corrected chi connectivity index (χ0v) is 9.94. The van der Waals surface area contributed by atoms with Crippen LogP contribution in [0, 0.1) is 6.92 Å². The van der Waals surface area contributed by atoms with E-state index < -0.39 is 0 Å². The van der Waals surface area contributed by atoms with Crippen molar-refractivity contribution >= 4 is 17.2 Å². The number of hydrogen-bond acceptors (Lipinski definition) is 5. The number of thiocarbonyl (C=S) groups is 1. The Morgan fingerprint density at radius 2 is 2.00 bits per heavy atom. The Hall–Kier alpha value is -2.08. The summed E-state index contributed by atoms with van der Waals surface area (Å²) in [5.74, 6) is 0.847. The van der Waals surface area contributed by atoms with Crippen LogP contribution >= 0.6 is 12.2 Å². The van der Waals surface area contributed by atoms with Gasteiger partial charge in [-0.2, -0.15) is 0 Å².